The van der Waals surface area contributed by atoms with Gasteiger partial charge in [-0.15, -0.1) is 0 Å². The largest absolute Gasteiger partial charge is 0.398 e. The Morgan fingerprint density at radius 2 is 2.00 bits per heavy atom. The zero-order valence-electron chi connectivity index (χ0n) is 18.5. The number of fused-ring (bicyclic) bond motifs is 1. The molecule has 2 aromatic rings. The number of allylic oxidation sites excluding steroid dienone is 6. The number of hydrogen-bond acceptors (Lipinski definition) is 4. The van der Waals surface area contributed by atoms with Gasteiger partial charge in [0.1, 0.15) is 5.82 Å². The normalized spacial score (nSPS) is 12.9. The van der Waals surface area contributed by atoms with Gasteiger partial charge in [0.05, 0.1) is 0 Å². The summed E-state index contributed by atoms with van der Waals surface area (Å²) in [6.07, 6.45) is 12.8. The lowest BCUT2D eigenvalue weighted by Crippen LogP contribution is -2.03. The van der Waals surface area contributed by atoms with E-state index in [1.807, 2.05) is 31.3 Å². The lowest BCUT2D eigenvalue weighted by molar-refractivity contribution is 0.823. The zero-order chi connectivity index (χ0) is 22.1. The summed E-state index contributed by atoms with van der Waals surface area (Å²) in [5.74, 6) is 0.740. The third kappa shape index (κ3) is 5.94. The molecule has 1 aromatic heterocycles. The van der Waals surface area contributed by atoms with Crippen LogP contribution in [-0.4, -0.2) is 11.5 Å². The second kappa shape index (κ2) is 11.2. The van der Waals surface area contributed by atoms with Crippen molar-refractivity contribution in [3.05, 3.63) is 84.3 Å². The van der Waals surface area contributed by atoms with Crippen LogP contribution in [0.2, 0.25) is 0 Å². The summed E-state index contributed by atoms with van der Waals surface area (Å²) >= 11 is 0. The topological polar surface area (TPSA) is 77.0 Å². The maximum Gasteiger partial charge on any atom is 0.130 e. The van der Waals surface area contributed by atoms with Crippen molar-refractivity contribution in [2.45, 2.75) is 40.0 Å². The molecule has 0 spiro atoms. The molecule has 0 saturated carbocycles. The number of pyridine rings is 1. The number of nitrogen functional groups attached to an aromatic ring is 1. The van der Waals surface area contributed by atoms with Crippen LogP contribution in [0.15, 0.2) is 78.7 Å². The number of rotatable bonds is 10. The van der Waals surface area contributed by atoms with Crippen LogP contribution in [0.1, 0.15) is 45.6 Å². The Morgan fingerprint density at radius 3 is 2.63 bits per heavy atom. The van der Waals surface area contributed by atoms with Crippen LogP contribution >= 0.6 is 0 Å². The molecule has 0 radical (unpaired) electrons. The molecule has 0 saturated heterocycles. The molecule has 1 aromatic carbocycles. The molecular formula is C26H34N4. The van der Waals surface area contributed by atoms with Crippen molar-refractivity contribution in [3.63, 3.8) is 0 Å². The molecular weight excluding hydrogens is 368 g/mol. The van der Waals surface area contributed by atoms with Crippen LogP contribution in [0.3, 0.4) is 0 Å². The van der Waals surface area contributed by atoms with Gasteiger partial charge >= 0.3 is 0 Å². The monoisotopic (exact) mass is 402 g/mol. The molecule has 5 N–H and O–H groups in total. The van der Waals surface area contributed by atoms with Crippen LogP contribution < -0.4 is 16.8 Å². The molecule has 0 unspecified atom stereocenters. The Labute approximate surface area is 180 Å². The molecule has 0 atom stereocenters. The summed E-state index contributed by atoms with van der Waals surface area (Å²) in [7, 11) is 0. The predicted molar refractivity (Wildman–Crippen MR) is 133 cm³/mol. The van der Waals surface area contributed by atoms with E-state index in [2.05, 4.69) is 55.5 Å². The molecule has 0 fully saturated rings. The standard InChI is InChI=1S/C26H34N4/c1-6-9-18(4)23(8-3)21-14-22-16-26(29-17-24(22)25(28)15-21)30-19(5)13-20(10-7-2)11-12-27/h6,8-9,13-17H,1,5,7,10-12,27-28H2,2-4H3,(H,29,30)/b18-9-,20-13-,23-8+. The maximum absolute atomic E-state index is 6.34. The van der Waals surface area contributed by atoms with Gasteiger partial charge in [-0.05, 0) is 79.6 Å². The average molecular weight is 403 g/mol. The Kier molecular flexibility index (Phi) is 8.63. The first-order valence-corrected chi connectivity index (χ1v) is 10.4. The highest BCUT2D eigenvalue weighted by atomic mass is 15.0. The lowest BCUT2D eigenvalue weighted by atomic mass is 9.95. The molecule has 30 heavy (non-hydrogen) atoms. The molecule has 0 aliphatic rings. The van der Waals surface area contributed by atoms with Crippen molar-refractivity contribution < 1.29 is 0 Å². The number of nitrogens with two attached hydrogens (primary N) is 2. The fourth-order valence-electron chi connectivity index (χ4n) is 3.62. The second-order valence-corrected chi connectivity index (χ2v) is 7.39. The zero-order valence-corrected chi connectivity index (χ0v) is 18.5. The van der Waals surface area contributed by atoms with Crippen LogP contribution in [-0.2, 0) is 0 Å². The van der Waals surface area contributed by atoms with Gasteiger partial charge in [-0.2, -0.15) is 0 Å². The van der Waals surface area contributed by atoms with Gasteiger partial charge in [0.25, 0.3) is 0 Å². The van der Waals surface area contributed by atoms with Crippen molar-refractivity contribution >= 4 is 27.9 Å². The molecule has 0 bridgehead atoms. The van der Waals surface area contributed by atoms with Crippen LogP contribution in [0.5, 0.6) is 0 Å². The van der Waals surface area contributed by atoms with E-state index in [9.17, 15) is 0 Å². The van der Waals surface area contributed by atoms with E-state index in [0.717, 1.165) is 58.3 Å². The number of aromatic nitrogens is 1. The average Bonchev–Trinajstić information content (AvgIpc) is 2.69. The fourth-order valence-corrected chi connectivity index (χ4v) is 3.62. The number of anilines is 2. The number of nitrogens with one attached hydrogen (secondary N) is 1. The maximum atomic E-state index is 6.34. The number of hydrogen-bond donors (Lipinski definition) is 3. The van der Waals surface area contributed by atoms with Gasteiger partial charge in [0.2, 0.25) is 0 Å². The minimum atomic E-state index is 0.641. The van der Waals surface area contributed by atoms with E-state index in [1.165, 1.54) is 5.57 Å². The number of benzene rings is 1. The van der Waals surface area contributed by atoms with E-state index in [1.54, 1.807) is 6.08 Å². The Bertz CT molecular complexity index is 1000. The van der Waals surface area contributed by atoms with Crippen LogP contribution in [0, 0.1) is 0 Å². The van der Waals surface area contributed by atoms with E-state index in [-0.39, 0.29) is 0 Å². The van der Waals surface area contributed by atoms with Gasteiger partial charge in [-0.25, -0.2) is 4.98 Å². The predicted octanol–water partition coefficient (Wildman–Crippen LogP) is 6.35. The van der Waals surface area contributed by atoms with E-state index in [0.29, 0.717) is 12.2 Å². The molecule has 0 aliphatic heterocycles. The molecule has 4 nitrogen and oxygen atoms in total. The Morgan fingerprint density at radius 1 is 1.23 bits per heavy atom. The summed E-state index contributed by atoms with van der Waals surface area (Å²) in [5.41, 5.74) is 18.2. The summed E-state index contributed by atoms with van der Waals surface area (Å²) in [5, 5.41) is 5.26. The molecule has 0 amide bonds. The summed E-state index contributed by atoms with van der Waals surface area (Å²) in [6, 6.07) is 6.15. The van der Waals surface area contributed by atoms with Crippen LogP contribution in [0.25, 0.3) is 16.3 Å². The Balaban J connectivity index is 2.39. The third-order valence-corrected chi connectivity index (χ3v) is 4.96. The Hall–Kier alpha value is -3.11. The molecule has 1 heterocycles. The summed E-state index contributed by atoms with van der Waals surface area (Å²) < 4.78 is 0. The van der Waals surface area contributed by atoms with Gasteiger partial charge in [0, 0.05) is 23.0 Å². The van der Waals surface area contributed by atoms with E-state index < -0.39 is 0 Å². The molecule has 4 heteroatoms. The van der Waals surface area contributed by atoms with Gasteiger partial charge < -0.3 is 16.8 Å². The highest BCUT2D eigenvalue weighted by molar-refractivity contribution is 5.97. The minimum Gasteiger partial charge on any atom is -0.398 e. The molecule has 2 rings (SSSR count). The van der Waals surface area contributed by atoms with Crippen molar-refractivity contribution in [2.75, 3.05) is 17.6 Å². The molecule has 158 valence electrons. The first-order chi connectivity index (χ1) is 14.4. The second-order valence-electron chi connectivity index (χ2n) is 7.39. The van der Waals surface area contributed by atoms with Gasteiger partial charge in [0.15, 0.2) is 0 Å². The summed E-state index contributed by atoms with van der Waals surface area (Å²) in [6.45, 7) is 14.8. The molecule has 0 aliphatic carbocycles. The highest BCUT2D eigenvalue weighted by Gasteiger charge is 2.09. The first kappa shape index (κ1) is 23.2. The summed E-state index contributed by atoms with van der Waals surface area (Å²) in [4.78, 5) is 4.52. The SMILES string of the molecule is C=C/C=C(C)\C(=C/C)c1cc(N)c2cnc(NC(=C)/C=C(/CCC)CCN)cc2c1. The lowest BCUT2D eigenvalue weighted by Gasteiger charge is -2.13. The van der Waals surface area contributed by atoms with Gasteiger partial charge in [-0.3, -0.25) is 0 Å². The van der Waals surface area contributed by atoms with E-state index >= 15 is 0 Å². The van der Waals surface area contributed by atoms with Crippen molar-refractivity contribution in [3.8, 4) is 0 Å². The van der Waals surface area contributed by atoms with Crippen molar-refractivity contribution in [1.29, 1.82) is 0 Å². The van der Waals surface area contributed by atoms with Crippen LogP contribution in [0.4, 0.5) is 11.5 Å². The van der Waals surface area contributed by atoms with E-state index in [4.69, 9.17) is 11.5 Å². The third-order valence-electron chi connectivity index (χ3n) is 4.96. The highest BCUT2D eigenvalue weighted by Crippen LogP contribution is 2.31. The smallest absolute Gasteiger partial charge is 0.130 e. The minimum absolute atomic E-state index is 0.641. The first-order valence-electron chi connectivity index (χ1n) is 10.4. The quantitative estimate of drug-likeness (QED) is 0.319. The van der Waals surface area contributed by atoms with Crippen molar-refractivity contribution in [2.24, 2.45) is 5.73 Å². The number of nitrogens with zero attached hydrogens (tertiary/aromatic N) is 1. The fraction of sp³-hybridized carbons (Fsp3) is 0.269. The van der Waals surface area contributed by atoms with Crippen molar-refractivity contribution in [1.82, 2.24) is 4.98 Å². The van der Waals surface area contributed by atoms with Gasteiger partial charge in [-0.1, -0.05) is 50.3 Å².